The minimum Gasteiger partial charge on any atom is -0.481 e. The number of halogens is 1. The molecule has 100 valence electrons. The number of carboxylic acids is 1. The molecule has 3 N–H and O–H groups in total. The Balaban J connectivity index is 2.67. The fraction of sp³-hybridized carbons (Fsp3) is 0.250. The number of hydrogen-bond donors (Lipinski definition) is 3. The minimum absolute atomic E-state index is 0.168. The number of anilines is 1. The molecule has 0 fully saturated rings. The monoisotopic (exact) mass is 325 g/mol. The molecule has 0 bridgehead atoms. The van der Waals surface area contributed by atoms with Crippen molar-refractivity contribution < 1.29 is 14.7 Å². The SMILES string of the molecule is CC(CC(=O)O)NC(=O)Nc1ccc(Br)cc1C#N. The average Bonchev–Trinajstić information content (AvgIpc) is 2.30. The van der Waals surface area contributed by atoms with Crippen LogP contribution in [0, 0.1) is 11.3 Å². The standard InChI is InChI=1S/C12H12BrN3O3/c1-7(4-11(17)18)15-12(19)16-10-3-2-9(13)5-8(10)6-14/h2-3,5,7H,4H2,1H3,(H,17,18)(H2,15,16,19). The number of benzene rings is 1. The predicted molar refractivity (Wildman–Crippen MR) is 72.7 cm³/mol. The molecular weight excluding hydrogens is 314 g/mol. The third kappa shape index (κ3) is 4.97. The van der Waals surface area contributed by atoms with E-state index in [1.54, 1.807) is 25.1 Å². The van der Waals surface area contributed by atoms with Crippen LogP contribution < -0.4 is 10.6 Å². The summed E-state index contributed by atoms with van der Waals surface area (Å²) in [6.45, 7) is 1.58. The summed E-state index contributed by atoms with van der Waals surface area (Å²) in [6, 6.07) is 5.77. The summed E-state index contributed by atoms with van der Waals surface area (Å²) in [6.07, 6.45) is -0.168. The summed E-state index contributed by atoms with van der Waals surface area (Å²) in [7, 11) is 0. The van der Waals surface area contributed by atoms with Crippen LogP contribution in [0.25, 0.3) is 0 Å². The van der Waals surface area contributed by atoms with E-state index in [0.29, 0.717) is 11.3 Å². The fourth-order valence-electron chi connectivity index (χ4n) is 1.41. The van der Waals surface area contributed by atoms with Crippen molar-refractivity contribution in [1.29, 1.82) is 5.26 Å². The van der Waals surface area contributed by atoms with E-state index in [-0.39, 0.29) is 6.42 Å². The first-order valence-corrected chi connectivity index (χ1v) is 6.20. The second-order valence-electron chi connectivity index (χ2n) is 3.90. The zero-order valence-corrected chi connectivity index (χ0v) is 11.7. The van der Waals surface area contributed by atoms with Crippen LogP contribution in [0.1, 0.15) is 18.9 Å². The van der Waals surface area contributed by atoms with Crippen molar-refractivity contribution in [3.8, 4) is 6.07 Å². The number of aliphatic carboxylic acids is 1. The van der Waals surface area contributed by atoms with Gasteiger partial charge in [-0.15, -0.1) is 0 Å². The van der Waals surface area contributed by atoms with Crippen LogP contribution in [0.2, 0.25) is 0 Å². The highest BCUT2D eigenvalue weighted by molar-refractivity contribution is 9.10. The Morgan fingerprint density at radius 3 is 2.79 bits per heavy atom. The average molecular weight is 326 g/mol. The number of amides is 2. The molecule has 0 aliphatic carbocycles. The summed E-state index contributed by atoms with van der Waals surface area (Å²) < 4.78 is 0.731. The second-order valence-corrected chi connectivity index (χ2v) is 4.81. The number of nitrogens with zero attached hydrogens (tertiary/aromatic N) is 1. The number of nitriles is 1. The second kappa shape index (κ2) is 6.75. The van der Waals surface area contributed by atoms with Crippen molar-refractivity contribution in [3.05, 3.63) is 28.2 Å². The third-order valence-corrected chi connectivity index (χ3v) is 2.70. The summed E-state index contributed by atoms with van der Waals surface area (Å²) in [5.41, 5.74) is 0.682. The molecule has 1 rings (SSSR count). The van der Waals surface area contributed by atoms with Gasteiger partial charge in [0, 0.05) is 10.5 Å². The maximum absolute atomic E-state index is 11.6. The molecule has 0 saturated heterocycles. The van der Waals surface area contributed by atoms with Crippen molar-refractivity contribution in [2.24, 2.45) is 0 Å². The van der Waals surface area contributed by atoms with Crippen molar-refractivity contribution >= 4 is 33.6 Å². The van der Waals surface area contributed by atoms with Gasteiger partial charge in [-0.2, -0.15) is 5.26 Å². The van der Waals surface area contributed by atoms with Gasteiger partial charge in [-0.1, -0.05) is 15.9 Å². The highest BCUT2D eigenvalue weighted by atomic mass is 79.9. The van der Waals surface area contributed by atoms with Gasteiger partial charge in [-0.05, 0) is 25.1 Å². The lowest BCUT2D eigenvalue weighted by Crippen LogP contribution is -2.37. The zero-order valence-electron chi connectivity index (χ0n) is 10.1. The number of hydrogen-bond acceptors (Lipinski definition) is 3. The van der Waals surface area contributed by atoms with Gasteiger partial charge in [0.15, 0.2) is 0 Å². The molecule has 0 heterocycles. The van der Waals surface area contributed by atoms with E-state index in [1.165, 1.54) is 0 Å². The summed E-state index contributed by atoms with van der Waals surface area (Å²) in [5, 5.41) is 22.5. The number of carbonyl (C=O) groups excluding carboxylic acids is 1. The van der Waals surface area contributed by atoms with E-state index in [2.05, 4.69) is 26.6 Å². The van der Waals surface area contributed by atoms with Crippen LogP contribution in [0.4, 0.5) is 10.5 Å². The van der Waals surface area contributed by atoms with Crippen molar-refractivity contribution in [1.82, 2.24) is 5.32 Å². The highest BCUT2D eigenvalue weighted by Gasteiger charge is 2.12. The Morgan fingerprint density at radius 2 is 2.21 bits per heavy atom. The Hall–Kier alpha value is -2.07. The molecule has 1 aromatic rings. The highest BCUT2D eigenvalue weighted by Crippen LogP contribution is 2.20. The lowest BCUT2D eigenvalue weighted by Gasteiger charge is -2.13. The van der Waals surface area contributed by atoms with Gasteiger partial charge in [-0.25, -0.2) is 4.79 Å². The van der Waals surface area contributed by atoms with Gasteiger partial charge in [0.1, 0.15) is 6.07 Å². The van der Waals surface area contributed by atoms with Gasteiger partial charge in [-0.3, -0.25) is 4.79 Å². The molecule has 19 heavy (non-hydrogen) atoms. The number of nitrogens with one attached hydrogen (secondary N) is 2. The smallest absolute Gasteiger partial charge is 0.319 e. The normalized spacial score (nSPS) is 11.2. The first-order chi connectivity index (χ1) is 8.92. The topological polar surface area (TPSA) is 102 Å². The molecule has 0 spiro atoms. The molecule has 1 aromatic carbocycles. The van der Waals surface area contributed by atoms with Gasteiger partial charge in [0.25, 0.3) is 0 Å². The van der Waals surface area contributed by atoms with E-state index < -0.39 is 18.0 Å². The molecule has 6 nitrogen and oxygen atoms in total. The van der Waals surface area contributed by atoms with Crippen LogP contribution in [0.3, 0.4) is 0 Å². The van der Waals surface area contributed by atoms with Crippen LogP contribution in [0.15, 0.2) is 22.7 Å². The predicted octanol–water partition coefficient (Wildman–Crippen LogP) is 2.31. The Kier molecular flexibility index (Phi) is 5.33. The molecule has 1 atom stereocenters. The zero-order chi connectivity index (χ0) is 14.4. The molecule has 0 aromatic heterocycles. The molecule has 2 amide bonds. The Labute approximate surface area is 118 Å². The molecule has 0 aliphatic heterocycles. The Bertz CT molecular complexity index is 540. The quantitative estimate of drug-likeness (QED) is 0.790. The first-order valence-electron chi connectivity index (χ1n) is 5.41. The minimum atomic E-state index is -0.992. The maximum Gasteiger partial charge on any atom is 0.319 e. The van der Waals surface area contributed by atoms with E-state index >= 15 is 0 Å². The Morgan fingerprint density at radius 1 is 1.53 bits per heavy atom. The largest absolute Gasteiger partial charge is 0.481 e. The number of carboxylic acid groups (broad SMARTS) is 1. The van der Waals surface area contributed by atoms with Crippen LogP contribution in [-0.2, 0) is 4.79 Å². The number of urea groups is 1. The van der Waals surface area contributed by atoms with Crippen molar-refractivity contribution in [2.45, 2.75) is 19.4 Å². The van der Waals surface area contributed by atoms with Crippen LogP contribution >= 0.6 is 15.9 Å². The summed E-state index contributed by atoms with van der Waals surface area (Å²) >= 11 is 3.23. The molecular formula is C12H12BrN3O3. The van der Waals surface area contributed by atoms with E-state index in [4.69, 9.17) is 10.4 Å². The molecule has 0 saturated carbocycles. The molecule has 7 heteroatoms. The van der Waals surface area contributed by atoms with Crippen molar-refractivity contribution in [2.75, 3.05) is 5.32 Å². The van der Waals surface area contributed by atoms with E-state index in [0.717, 1.165) is 4.47 Å². The molecule has 1 unspecified atom stereocenters. The van der Waals surface area contributed by atoms with E-state index in [9.17, 15) is 9.59 Å². The van der Waals surface area contributed by atoms with E-state index in [1.807, 2.05) is 6.07 Å². The first kappa shape index (κ1) is 15.0. The maximum atomic E-state index is 11.6. The lowest BCUT2D eigenvalue weighted by molar-refractivity contribution is -0.137. The molecule has 0 aliphatic rings. The number of rotatable bonds is 4. The van der Waals surface area contributed by atoms with Gasteiger partial charge in [0.2, 0.25) is 0 Å². The van der Waals surface area contributed by atoms with Crippen LogP contribution in [-0.4, -0.2) is 23.1 Å². The van der Waals surface area contributed by atoms with Gasteiger partial charge >= 0.3 is 12.0 Å². The fourth-order valence-corrected chi connectivity index (χ4v) is 1.77. The third-order valence-electron chi connectivity index (χ3n) is 2.21. The van der Waals surface area contributed by atoms with Crippen molar-refractivity contribution in [3.63, 3.8) is 0 Å². The number of carbonyl (C=O) groups is 2. The van der Waals surface area contributed by atoms with Gasteiger partial charge < -0.3 is 15.7 Å². The van der Waals surface area contributed by atoms with Gasteiger partial charge in [0.05, 0.1) is 17.7 Å². The summed E-state index contributed by atoms with van der Waals surface area (Å²) in [4.78, 5) is 22.1. The molecule has 0 radical (unpaired) electrons. The summed E-state index contributed by atoms with van der Waals surface area (Å²) in [5.74, 6) is -0.992. The lowest BCUT2D eigenvalue weighted by atomic mass is 10.2. The van der Waals surface area contributed by atoms with Crippen LogP contribution in [0.5, 0.6) is 0 Å².